The number of benzene rings is 2. The van der Waals surface area contributed by atoms with Crippen molar-refractivity contribution in [3.8, 4) is 5.69 Å². The van der Waals surface area contributed by atoms with Crippen molar-refractivity contribution in [3.05, 3.63) is 89.4 Å². The molecule has 1 atom stereocenters. The maximum absolute atomic E-state index is 13.2. The molecule has 34 heavy (non-hydrogen) atoms. The van der Waals surface area contributed by atoms with Crippen molar-refractivity contribution < 1.29 is 9.59 Å². The van der Waals surface area contributed by atoms with E-state index in [0.717, 1.165) is 5.69 Å². The quantitative estimate of drug-likeness (QED) is 0.529. The first-order chi connectivity index (χ1) is 16.4. The Morgan fingerprint density at radius 1 is 1.12 bits per heavy atom. The van der Waals surface area contributed by atoms with Crippen LogP contribution in [0.25, 0.3) is 5.69 Å². The highest BCUT2D eigenvalue weighted by molar-refractivity contribution is 8.15. The summed E-state index contributed by atoms with van der Waals surface area (Å²) in [5.74, 6) is -0.497. The molecule has 8 nitrogen and oxygen atoms in total. The number of anilines is 1. The monoisotopic (exact) mass is 475 g/mol. The van der Waals surface area contributed by atoms with Crippen molar-refractivity contribution in [2.75, 3.05) is 11.9 Å². The normalized spacial score (nSPS) is 16.8. The van der Waals surface area contributed by atoms with E-state index in [2.05, 4.69) is 16.9 Å². The van der Waals surface area contributed by atoms with Crippen LogP contribution < -0.4 is 10.9 Å². The first-order valence-corrected chi connectivity index (χ1v) is 11.6. The van der Waals surface area contributed by atoms with Crippen molar-refractivity contribution in [3.63, 3.8) is 0 Å². The zero-order valence-electron chi connectivity index (χ0n) is 19.0. The van der Waals surface area contributed by atoms with Gasteiger partial charge in [-0.05, 0) is 31.2 Å². The van der Waals surface area contributed by atoms with Crippen LogP contribution in [0.1, 0.15) is 12.1 Å². The zero-order chi connectivity index (χ0) is 24.2. The lowest BCUT2D eigenvalue weighted by Crippen LogP contribution is -2.33. The Morgan fingerprint density at radius 3 is 2.41 bits per heavy atom. The molecule has 0 bridgehead atoms. The molecule has 1 N–H and O–H groups in total. The molecule has 1 fully saturated rings. The van der Waals surface area contributed by atoms with E-state index in [4.69, 9.17) is 0 Å². The van der Waals surface area contributed by atoms with E-state index in [0.29, 0.717) is 16.5 Å². The largest absolute Gasteiger partial charge is 0.326 e. The topological polar surface area (TPSA) is 88.7 Å². The van der Waals surface area contributed by atoms with Crippen LogP contribution in [0, 0.1) is 6.92 Å². The number of carbonyl (C=O) groups is 2. The van der Waals surface area contributed by atoms with E-state index in [1.165, 1.54) is 16.7 Å². The summed E-state index contributed by atoms with van der Waals surface area (Å²) in [6, 6.07) is 18.4. The van der Waals surface area contributed by atoms with E-state index < -0.39 is 5.25 Å². The Balaban J connectivity index is 1.62. The van der Waals surface area contributed by atoms with Gasteiger partial charge >= 0.3 is 0 Å². The number of hydrogen-bond acceptors (Lipinski definition) is 5. The summed E-state index contributed by atoms with van der Waals surface area (Å²) in [5.41, 5.74) is 2.03. The molecule has 3 aromatic rings. The molecule has 4 rings (SSSR count). The van der Waals surface area contributed by atoms with Gasteiger partial charge in [0, 0.05) is 25.7 Å². The van der Waals surface area contributed by atoms with Crippen molar-refractivity contribution in [1.82, 2.24) is 14.3 Å². The Morgan fingerprint density at radius 2 is 1.76 bits per heavy atom. The van der Waals surface area contributed by atoms with Gasteiger partial charge < -0.3 is 5.32 Å². The number of nitrogens with one attached hydrogen (secondary N) is 1. The third kappa shape index (κ3) is 4.60. The van der Waals surface area contributed by atoms with E-state index in [1.54, 1.807) is 34.6 Å². The van der Waals surface area contributed by atoms with Gasteiger partial charge in [-0.3, -0.25) is 24.0 Å². The number of para-hydroxylation sites is 2. The van der Waals surface area contributed by atoms with Crippen LogP contribution >= 0.6 is 11.8 Å². The number of thioether (sulfide) groups is 1. The van der Waals surface area contributed by atoms with Crippen LogP contribution in [0.2, 0.25) is 0 Å². The molecule has 9 heteroatoms. The predicted molar refractivity (Wildman–Crippen MR) is 136 cm³/mol. The minimum Gasteiger partial charge on any atom is -0.326 e. The fourth-order valence-electron chi connectivity index (χ4n) is 3.70. The SMILES string of the molecule is C=CCN1C(=O)[C@@H](CC(=O)Nc2ccccc2)SC1=Nc1c(C)n(C)n(-c2ccccc2)c1=O. The van der Waals surface area contributed by atoms with Gasteiger partial charge in [0.15, 0.2) is 10.9 Å². The van der Waals surface area contributed by atoms with Gasteiger partial charge in [-0.2, -0.15) is 0 Å². The number of amides is 2. The van der Waals surface area contributed by atoms with Crippen LogP contribution in [0.3, 0.4) is 0 Å². The minimum atomic E-state index is -0.636. The molecule has 1 aromatic heterocycles. The Kier molecular flexibility index (Phi) is 6.83. The minimum absolute atomic E-state index is 0.00687. The van der Waals surface area contributed by atoms with Gasteiger partial charge in [0.05, 0.1) is 11.4 Å². The highest BCUT2D eigenvalue weighted by Gasteiger charge is 2.39. The molecular weight excluding hydrogens is 450 g/mol. The number of aromatic nitrogens is 2. The lowest BCUT2D eigenvalue weighted by molar-refractivity contribution is -0.127. The maximum Gasteiger partial charge on any atom is 0.297 e. The number of nitrogens with zero attached hydrogens (tertiary/aromatic N) is 4. The van der Waals surface area contributed by atoms with Crippen molar-refractivity contribution >= 4 is 40.1 Å². The summed E-state index contributed by atoms with van der Waals surface area (Å²) < 4.78 is 3.28. The van der Waals surface area contributed by atoms with E-state index in [1.807, 2.05) is 55.5 Å². The fraction of sp³-hybridized carbons (Fsp3) is 0.200. The van der Waals surface area contributed by atoms with Gasteiger partial charge in [0.1, 0.15) is 5.25 Å². The molecule has 0 aliphatic carbocycles. The van der Waals surface area contributed by atoms with Gasteiger partial charge in [0.2, 0.25) is 11.8 Å². The number of hydrogen-bond donors (Lipinski definition) is 1. The summed E-state index contributed by atoms with van der Waals surface area (Å²) in [4.78, 5) is 44.9. The summed E-state index contributed by atoms with van der Waals surface area (Å²) in [6.07, 6.45) is 1.59. The highest BCUT2D eigenvalue weighted by atomic mass is 32.2. The average Bonchev–Trinajstić information content (AvgIpc) is 3.23. The van der Waals surface area contributed by atoms with Gasteiger partial charge in [-0.1, -0.05) is 54.2 Å². The van der Waals surface area contributed by atoms with Crippen LogP contribution in [0.4, 0.5) is 11.4 Å². The third-order valence-electron chi connectivity index (χ3n) is 5.49. The molecular formula is C25H25N5O3S. The average molecular weight is 476 g/mol. The van der Waals surface area contributed by atoms with Crippen LogP contribution in [-0.4, -0.2) is 43.0 Å². The summed E-state index contributed by atoms with van der Waals surface area (Å²) >= 11 is 1.19. The molecule has 2 heterocycles. The lowest BCUT2D eigenvalue weighted by atomic mass is 10.2. The van der Waals surface area contributed by atoms with Gasteiger partial charge in [-0.15, -0.1) is 6.58 Å². The Bertz CT molecular complexity index is 1310. The number of aliphatic imine (C=N–C) groups is 1. The van der Waals surface area contributed by atoms with E-state index in [9.17, 15) is 14.4 Å². The number of rotatable bonds is 7. The Labute approximate surface area is 201 Å². The molecule has 0 spiro atoms. The van der Waals surface area contributed by atoms with Crippen molar-refractivity contribution in [2.45, 2.75) is 18.6 Å². The lowest BCUT2D eigenvalue weighted by Gasteiger charge is -2.13. The number of amidine groups is 1. The van der Waals surface area contributed by atoms with Crippen LogP contribution in [0.5, 0.6) is 0 Å². The maximum atomic E-state index is 13.2. The molecule has 0 radical (unpaired) electrons. The molecule has 174 valence electrons. The molecule has 1 saturated heterocycles. The van der Waals surface area contributed by atoms with Crippen molar-refractivity contribution in [1.29, 1.82) is 0 Å². The zero-order valence-corrected chi connectivity index (χ0v) is 19.8. The first-order valence-electron chi connectivity index (χ1n) is 10.8. The second kappa shape index (κ2) is 9.96. The smallest absolute Gasteiger partial charge is 0.297 e. The fourth-order valence-corrected chi connectivity index (χ4v) is 4.86. The summed E-state index contributed by atoms with van der Waals surface area (Å²) in [5, 5.41) is 2.55. The highest BCUT2D eigenvalue weighted by Crippen LogP contribution is 2.32. The van der Waals surface area contributed by atoms with E-state index >= 15 is 0 Å². The molecule has 2 amide bonds. The second-order valence-corrected chi connectivity index (χ2v) is 8.94. The predicted octanol–water partition coefficient (Wildman–Crippen LogP) is 3.63. The second-order valence-electron chi connectivity index (χ2n) is 7.77. The standard InChI is InChI=1S/C25H25N5O3S/c1-4-15-29-23(32)20(16-21(31)26-18-11-7-5-8-12-18)34-25(29)27-22-17(2)28(3)30(24(22)33)19-13-9-6-10-14-19/h4-14,20H,1,15-16H2,2-3H3,(H,26,31)/t20-/m1/s1. The first kappa shape index (κ1) is 23.3. The molecule has 2 aromatic carbocycles. The molecule has 0 saturated carbocycles. The molecule has 0 unspecified atom stereocenters. The van der Waals surface area contributed by atoms with E-state index in [-0.39, 0.29) is 36.0 Å². The third-order valence-corrected chi connectivity index (χ3v) is 6.67. The molecule has 1 aliphatic rings. The van der Waals surface area contributed by atoms with Gasteiger partial charge in [-0.25, -0.2) is 9.67 Å². The van der Waals surface area contributed by atoms with Crippen LogP contribution in [-0.2, 0) is 16.6 Å². The summed E-state index contributed by atoms with van der Waals surface area (Å²) in [7, 11) is 1.79. The molecule has 1 aliphatic heterocycles. The van der Waals surface area contributed by atoms with Crippen LogP contribution in [0.15, 0.2) is 83.1 Å². The summed E-state index contributed by atoms with van der Waals surface area (Å²) in [6.45, 7) is 5.77. The number of carbonyl (C=O) groups excluding carboxylic acids is 2. The van der Waals surface area contributed by atoms with Crippen molar-refractivity contribution in [2.24, 2.45) is 12.0 Å². The van der Waals surface area contributed by atoms with Gasteiger partial charge in [0.25, 0.3) is 5.56 Å². The Hall–Kier alpha value is -3.85.